The zero-order valence-corrected chi connectivity index (χ0v) is 20.5. The van der Waals surface area contributed by atoms with Gasteiger partial charge in [0.2, 0.25) is 15.9 Å². The number of aryl methyl sites for hydroxylation is 3. The van der Waals surface area contributed by atoms with E-state index in [2.05, 4.69) is 14.7 Å². The highest BCUT2D eigenvalue weighted by atomic mass is 35.5. The Labute approximate surface area is 199 Å². The van der Waals surface area contributed by atoms with E-state index in [-0.39, 0.29) is 17.7 Å². The zero-order valence-electron chi connectivity index (χ0n) is 18.9. The van der Waals surface area contributed by atoms with Crippen LogP contribution < -0.4 is 9.46 Å². The average Bonchev–Trinajstić information content (AvgIpc) is 2.70. The molecule has 2 aromatic heterocycles. The van der Waals surface area contributed by atoms with Gasteiger partial charge in [0.1, 0.15) is 11.4 Å². The molecule has 0 saturated heterocycles. The van der Waals surface area contributed by atoms with E-state index < -0.39 is 15.3 Å². The summed E-state index contributed by atoms with van der Waals surface area (Å²) in [6.45, 7) is 5.91. The van der Waals surface area contributed by atoms with Crippen molar-refractivity contribution in [2.45, 2.75) is 45.0 Å². The maximum absolute atomic E-state index is 12.9. The number of nitrogens with one attached hydrogen (secondary N) is 1. The van der Waals surface area contributed by atoms with Gasteiger partial charge in [0.05, 0.1) is 22.1 Å². The van der Waals surface area contributed by atoms with Crippen LogP contribution in [0, 0.1) is 20.8 Å². The molecule has 0 aliphatic heterocycles. The van der Waals surface area contributed by atoms with Gasteiger partial charge in [-0.15, -0.1) is 0 Å². The molecule has 33 heavy (non-hydrogen) atoms. The topological polar surface area (TPSA) is 90.4 Å². The molecule has 0 bridgehead atoms. The molecule has 0 unspecified atom stereocenters. The van der Waals surface area contributed by atoms with Crippen LogP contribution in [-0.2, 0) is 14.8 Å². The largest absolute Gasteiger partial charge is 0.436 e. The zero-order chi connectivity index (χ0) is 23.8. The highest BCUT2D eigenvalue weighted by Gasteiger charge is 2.39. The molecule has 0 spiro atoms. The molecular weight excluding hydrogens is 462 g/mol. The Hall–Kier alpha value is -2.68. The molecule has 0 radical (unpaired) electrons. The molecule has 1 saturated carbocycles. The second kappa shape index (κ2) is 9.29. The lowest BCUT2D eigenvalue weighted by Crippen LogP contribution is -2.43. The van der Waals surface area contributed by atoms with Crippen LogP contribution in [0.3, 0.4) is 0 Å². The summed E-state index contributed by atoms with van der Waals surface area (Å²) in [4.78, 5) is 8.74. The van der Waals surface area contributed by atoms with Crippen LogP contribution in [-0.4, -0.2) is 36.8 Å². The van der Waals surface area contributed by atoms with Crippen molar-refractivity contribution in [3.63, 3.8) is 0 Å². The SMILES string of the molecule is COC1CC(S(=O)(=O)Nc2ccc(-c3cncc(Cl)c3)nc2Oc2c(C)cc(C)cc2C)C1. The van der Waals surface area contributed by atoms with Crippen LogP contribution in [0.15, 0.2) is 42.7 Å². The number of methoxy groups -OCH3 is 1. The molecular formula is C24H26ClN3O4S. The Bertz CT molecular complexity index is 1270. The number of nitrogens with zero attached hydrogens (tertiary/aromatic N) is 2. The molecule has 3 aromatic rings. The van der Waals surface area contributed by atoms with Crippen LogP contribution >= 0.6 is 11.6 Å². The number of anilines is 1. The second-order valence-electron chi connectivity index (χ2n) is 8.37. The van der Waals surface area contributed by atoms with Gasteiger partial charge < -0.3 is 9.47 Å². The third-order valence-electron chi connectivity index (χ3n) is 5.74. The van der Waals surface area contributed by atoms with Gasteiger partial charge in [-0.2, -0.15) is 0 Å². The number of hydrogen-bond donors (Lipinski definition) is 1. The van der Waals surface area contributed by atoms with E-state index in [9.17, 15) is 8.42 Å². The van der Waals surface area contributed by atoms with Crippen molar-refractivity contribution in [2.75, 3.05) is 11.8 Å². The second-order valence-corrected chi connectivity index (χ2v) is 10.8. The normalized spacial score (nSPS) is 18.0. The van der Waals surface area contributed by atoms with E-state index >= 15 is 0 Å². The molecule has 1 N–H and O–H groups in total. The fourth-order valence-corrected chi connectivity index (χ4v) is 5.67. The van der Waals surface area contributed by atoms with Gasteiger partial charge in [-0.05, 0) is 62.9 Å². The molecule has 7 nitrogen and oxygen atoms in total. The molecule has 4 rings (SSSR count). The number of pyridine rings is 2. The van der Waals surface area contributed by atoms with Gasteiger partial charge in [0.15, 0.2) is 0 Å². The van der Waals surface area contributed by atoms with Crippen molar-refractivity contribution >= 4 is 27.3 Å². The molecule has 2 heterocycles. The Morgan fingerprint density at radius 2 is 1.76 bits per heavy atom. The molecule has 174 valence electrons. The van der Waals surface area contributed by atoms with Crippen molar-refractivity contribution in [2.24, 2.45) is 0 Å². The highest BCUT2D eigenvalue weighted by Crippen LogP contribution is 2.37. The third kappa shape index (κ3) is 5.13. The minimum atomic E-state index is -3.63. The Kier molecular flexibility index (Phi) is 6.61. The highest BCUT2D eigenvalue weighted by molar-refractivity contribution is 7.93. The summed E-state index contributed by atoms with van der Waals surface area (Å²) in [6.07, 6.45) is 4.06. The van der Waals surface area contributed by atoms with Gasteiger partial charge in [0.25, 0.3) is 0 Å². The minimum absolute atomic E-state index is 0.0315. The number of benzene rings is 1. The van der Waals surface area contributed by atoms with E-state index in [0.29, 0.717) is 34.9 Å². The summed E-state index contributed by atoms with van der Waals surface area (Å²) in [6, 6.07) is 9.13. The summed E-state index contributed by atoms with van der Waals surface area (Å²) >= 11 is 6.10. The number of halogens is 1. The molecule has 1 fully saturated rings. The standard InChI is InChI=1S/C24H26ClN3O4S/c1-14-7-15(2)23(16(3)8-14)32-24-22(28-33(29,30)20-10-19(11-20)31-4)6-5-21(27-24)17-9-18(25)13-26-12-17/h5-9,12-13,19-20,28H,10-11H2,1-4H3. The van der Waals surface area contributed by atoms with Crippen LogP contribution in [0.2, 0.25) is 5.02 Å². The van der Waals surface area contributed by atoms with Gasteiger partial charge in [-0.1, -0.05) is 29.3 Å². The smallest absolute Gasteiger partial charge is 0.244 e. The van der Waals surface area contributed by atoms with E-state index in [1.807, 2.05) is 32.9 Å². The fraction of sp³-hybridized carbons (Fsp3) is 0.333. The lowest BCUT2D eigenvalue weighted by molar-refractivity contribution is 0.0438. The van der Waals surface area contributed by atoms with Crippen molar-refractivity contribution in [1.82, 2.24) is 9.97 Å². The maximum Gasteiger partial charge on any atom is 0.244 e. The molecule has 1 aliphatic carbocycles. The number of rotatable bonds is 7. The van der Waals surface area contributed by atoms with E-state index in [4.69, 9.17) is 21.1 Å². The van der Waals surface area contributed by atoms with E-state index in [1.54, 1.807) is 31.5 Å². The predicted octanol–water partition coefficient (Wildman–Crippen LogP) is 5.43. The Morgan fingerprint density at radius 3 is 2.39 bits per heavy atom. The van der Waals surface area contributed by atoms with E-state index in [0.717, 1.165) is 16.7 Å². The first-order valence-corrected chi connectivity index (χ1v) is 12.5. The van der Waals surface area contributed by atoms with Crippen LogP contribution in [0.5, 0.6) is 11.6 Å². The summed E-state index contributed by atoms with van der Waals surface area (Å²) in [7, 11) is -2.04. The molecule has 9 heteroatoms. The first kappa shape index (κ1) is 23.5. The van der Waals surface area contributed by atoms with Crippen LogP contribution in [0.25, 0.3) is 11.3 Å². The first-order valence-electron chi connectivity index (χ1n) is 10.6. The van der Waals surface area contributed by atoms with Gasteiger partial charge in [0, 0.05) is 25.1 Å². The van der Waals surface area contributed by atoms with Crippen LogP contribution in [0.1, 0.15) is 29.5 Å². The average molecular weight is 488 g/mol. The Balaban J connectivity index is 1.73. The van der Waals surface area contributed by atoms with Crippen molar-refractivity contribution in [3.8, 4) is 22.9 Å². The summed E-state index contributed by atoms with van der Waals surface area (Å²) in [5, 5.41) is -0.0422. The van der Waals surface area contributed by atoms with Gasteiger partial charge in [-0.25, -0.2) is 13.4 Å². The van der Waals surface area contributed by atoms with Crippen LogP contribution in [0.4, 0.5) is 5.69 Å². The van der Waals surface area contributed by atoms with Gasteiger partial charge >= 0.3 is 0 Å². The van der Waals surface area contributed by atoms with Crippen molar-refractivity contribution in [1.29, 1.82) is 0 Å². The van der Waals surface area contributed by atoms with Crippen molar-refractivity contribution < 1.29 is 17.9 Å². The summed E-state index contributed by atoms with van der Waals surface area (Å²) in [5.74, 6) is 0.798. The lowest BCUT2D eigenvalue weighted by atomic mass is 9.95. The third-order valence-corrected chi connectivity index (χ3v) is 7.71. The van der Waals surface area contributed by atoms with E-state index in [1.165, 1.54) is 6.20 Å². The molecule has 0 amide bonds. The number of aromatic nitrogens is 2. The quantitative estimate of drug-likeness (QED) is 0.477. The molecule has 1 aliphatic rings. The number of ether oxygens (including phenoxy) is 2. The monoisotopic (exact) mass is 487 g/mol. The number of hydrogen-bond acceptors (Lipinski definition) is 6. The fourth-order valence-electron chi connectivity index (χ4n) is 3.93. The first-order chi connectivity index (χ1) is 15.7. The lowest BCUT2D eigenvalue weighted by Gasteiger charge is -2.33. The molecule has 1 aromatic carbocycles. The maximum atomic E-state index is 12.9. The summed E-state index contributed by atoms with van der Waals surface area (Å²) in [5.41, 5.74) is 4.51. The molecule has 0 atom stereocenters. The van der Waals surface area contributed by atoms with Gasteiger partial charge in [-0.3, -0.25) is 9.71 Å². The predicted molar refractivity (Wildman–Crippen MR) is 130 cm³/mol. The number of sulfonamides is 1. The minimum Gasteiger partial charge on any atom is -0.436 e. The summed E-state index contributed by atoms with van der Waals surface area (Å²) < 4.78 is 40.0. The van der Waals surface area contributed by atoms with Crippen molar-refractivity contribution in [3.05, 3.63) is 64.4 Å². The Morgan fingerprint density at radius 1 is 1.06 bits per heavy atom.